The van der Waals surface area contributed by atoms with Gasteiger partial charge in [-0.3, -0.25) is 0 Å². The highest BCUT2D eigenvalue weighted by molar-refractivity contribution is 7.25. The summed E-state index contributed by atoms with van der Waals surface area (Å²) in [6, 6.07) is 46.7. The third kappa shape index (κ3) is 3.54. The lowest BCUT2D eigenvalue weighted by Crippen LogP contribution is -2.05. The Morgan fingerprint density at radius 3 is 2.24 bits per heavy atom. The predicted molar refractivity (Wildman–Crippen MR) is 174 cm³/mol. The first-order chi connectivity index (χ1) is 20.3. The van der Waals surface area contributed by atoms with E-state index in [2.05, 4.69) is 127 Å². The smallest absolute Gasteiger partial charge is 0.139 e. The first-order valence-electron chi connectivity index (χ1n) is 14.3. The van der Waals surface area contributed by atoms with E-state index in [9.17, 15) is 0 Å². The number of hydrogen-bond donors (Lipinski definition) is 0. The van der Waals surface area contributed by atoms with Crippen LogP contribution in [-0.4, -0.2) is 0 Å². The Kier molecular flexibility index (Phi) is 5.02. The van der Waals surface area contributed by atoms with Gasteiger partial charge in [-0.2, -0.15) is 0 Å². The molecule has 6 aromatic carbocycles. The summed E-state index contributed by atoms with van der Waals surface area (Å²) in [5.74, 6) is 0.385. The van der Waals surface area contributed by atoms with E-state index >= 15 is 0 Å². The van der Waals surface area contributed by atoms with Crippen molar-refractivity contribution in [2.45, 2.75) is 18.8 Å². The lowest BCUT2D eigenvalue weighted by molar-refractivity contribution is 0.645. The molecule has 8 aromatic rings. The summed E-state index contributed by atoms with van der Waals surface area (Å²) in [6.45, 7) is 0. The third-order valence-corrected chi connectivity index (χ3v) is 10.1. The maximum Gasteiger partial charge on any atom is 0.139 e. The van der Waals surface area contributed by atoms with Crippen LogP contribution in [0, 0.1) is 0 Å². The van der Waals surface area contributed by atoms with Gasteiger partial charge in [0.25, 0.3) is 0 Å². The molecule has 1 aliphatic rings. The highest BCUT2D eigenvalue weighted by atomic mass is 32.1. The molecule has 2 heterocycles. The van der Waals surface area contributed by atoms with Gasteiger partial charge >= 0.3 is 0 Å². The topological polar surface area (TPSA) is 13.1 Å². The standard InChI is InChI=1S/C39H26OS/c1-2-10-24(11-3-1)27-20-25-12-4-5-13-28(25)33-23-32(38-31-15-6-8-16-35(31)40-39(38)34(33)21-27)26-18-19-30-29-14-7-9-17-36(29)41-37(30)22-26/h1-19,22-23,27H,20-21H2/t27-/m1/s1. The fourth-order valence-electron chi connectivity index (χ4n) is 7.02. The van der Waals surface area contributed by atoms with Crippen LogP contribution in [0.4, 0.5) is 0 Å². The van der Waals surface area contributed by atoms with E-state index in [1.807, 2.05) is 11.3 Å². The van der Waals surface area contributed by atoms with Crippen molar-refractivity contribution < 1.29 is 4.42 Å². The fraction of sp³-hybridized carbons (Fsp3) is 0.0769. The Hall–Kier alpha value is -4.66. The van der Waals surface area contributed by atoms with Crippen LogP contribution >= 0.6 is 11.3 Å². The Morgan fingerprint density at radius 1 is 0.561 bits per heavy atom. The van der Waals surface area contributed by atoms with E-state index in [0.29, 0.717) is 5.92 Å². The molecule has 0 bridgehead atoms. The van der Waals surface area contributed by atoms with Crippen LogP contribution in [0.2, 0.25) is 0 Å². The summed E-state index contributed by atoms with van der Waals surface area (Å²) >= 11 is 1.88. The van der Waals surface area contributed by atoms with Crippen LogP contribution in [-0.2, 0) is 12.8 Å². The summed E-state index contributed by atoms with van der Waals surface area (Å²) in [6.07, 6.45) is 1.96. The Balaban J connectivity index is 1.37. The van der Waals surface area contributed by atoms with E-state index in [1.54, 1.807) is 0 Å². The molecule has 2 aromatic heterocycles. The summed E-state index contributed by atoms with van der Waals surface area (Å²) in [4.78, 5) is 0. The van der Waals surface area contributed by atoms with E-state index in [0.717, 1.165) is 24.0 Å². The van der Waals surface area contributed by atoms with Gasteiger partial charge in [0, 0.05) is 36.5 Å². The van der Waals surface area contributed by atoms with Crippen molar-refractivity contribution in [2.75, 3.05) is 0 Å². The largest absolute Gasteiger partial charge is 0.456 e. The van der Waals surface area contributed by atoms with Gasteiger partial charge in [-0.05, 0) is 76.4 Å². The molecular weight excluding hydrogens is 516 g/mol. The first kappa shape index (κ1) is 23.1. The average Bonchev–Trinajstić information content (AvgIpc) is 3.55. The van der Waals surface area contributed by atoms with Crippen molar-refractivity contribution in [3.8, 4) is 22.3 Å². The minimum atomic E-state index is 0.385. The first-order valence-corrected chi connectivity index (χ1v) is 15.2. The molecule has 1 atom stereocenters. The Bertz CT molecular complexity index is 2270. The van der Waals surface area contributed by atoms with Crippen LogP contribution < -0.4 is 0 Å². The van der Waals surface area contributed by atoms with Crippen LogP contribution in [0.15, 0.2) is 132 Å². The molecule has 1 nitrogen and oxygen atoms in total. The van der Waals surface area contributed by atoms with Crippen LogP contribution in [0.25, 0.3) is 64.4 Å². The Labute approximate surface area is 242 Å². The molecule has 41 heavy (non-hydrogen) atoms. The average molecular weight is 543 g/mol. The number of rotatable bonds is 2. The van der Waals surface area contributed by atoms with E-state index in [1.165, 1.54) is 69.9 Å². The molecule has 0 saturated heterocycles. The molecule has 0 saturated carbocycles. The molecule has 1 aliphatic carbocycles. The predicted octanol–water partition coefficient (Wildman–Crippen LogP) is 11.2. The fourth-order valence-corrected chi connectivity index (χ4v) is 8.17. The number of hydrogen-bond acceptors (Lipinski definition) is 2. The number of furan rings is 1. The highest BCUT2D eigenvalue weighted by Gasteiger charge is 2.28. The van der Waals surface area contributed by atoms with Gasteiger partial charge in [0.15, 0.2) is 0 Å². The molecule has 0 radical (unpaired) electrons. The van der Waals surface area contributed by atoms with Crippen molar-refractivity contribution in [2.24, 2.45) is 0 Å². The van der Waals surface area contributed by atoms with Gasteiger partial charge in [0.2, 0.25) is 0 Å². The Morgan fingerprint density at radius 2 is 1.32 bits per heavy atom. The molecule has 0 aliphatic heterocycles. The lowest BCUT2D eigenvalue weighted by Gasteiger charge is -2.17. The van der Waals surface area contributed by atoms with Crippen molar-refractivity contribution in [1.29, 1.82) is 0 Å². The third-order valence-electron chi connectivity index (χ3n) is 8.94. The monoisotopic (exact) mass is 542 g/mol. The summed E-state index contributed by atoms with van der Waals surface area (Å²) in [5, 5.41) is 5.07. The molecule has 0 unspecified atom stereocenters. The molecule has 0 amide bonds. The number of para-hydroxylation sites is 1. The van der Waals surface area contributed by atoms with Crippen molar-refractivity contribution in [3.05, 3.63) is 144 Å². The van der Waals surface area contributed by atoms with Gasteiger partial charge < -0.3 is 4.42 Å². The minimum Gasteiger partial charge on any atom is -0.456 e. The zero-order valence-corrected chi connectivity index (χ0v) is 23.2. The molecule has 0 fully saturated rings. The zero-order valence-electron chi connectivity index (χ0n) is 22.4. The number of thiophene rings is 1. The summed E-state index contributed by atoms with van der Waals surface area (Å²) in [7, 11) is 0. The zero-order chi connectivity index (χ0) is 26.9. The van der Waals surface area contributed by atoms with E-state index in [4.69, 9.17) is 4.42 Å². The van der Waals surface area contributed by atoms with E-state index in [-0.39, 0.29) is 0 Å². The maximum atomic E-state index is 6.81. The van der Waals surface area contributed by atoms with Gasteiger partial charge in [-0.15, -0.1) is 11.3 Å². The van der Waals surface area contributed by atoms with Gasteiger partial charge in [-0.1, -0.05) is 103 Å². The van der Waals surface area contributed by atoms with Gasteiger partial charge in [0.05, 0.1) is 0 Å². The molecule has 2 heteroatoms. The van der Waals surface area contributed by atoms with Crippen LogP contribution in [0.3, 0.4) is 0 Å². The van der Waals surface area contributed by atoms with Crippen LogP contribution in [0.5, 0.6) is 0 Å². The number of fused-ring (bicyclic) bond motifs is 10. The normalized spacial score (nSPS) is 14.9. The second-order valence-electron chi connectivity index (χ2n) is 11.2. The quantitative estimate of drug-likeness (QED) is 0.212. The maximum absolute atomic E-state index is 6.81. The lowest BCUT2D eigenvalue weighted by atomic mass is 9.87. The second kappa shape index (κ2) is 8.92. The summed E-state index contributed by atoms with van der Waals surface area (Å²) < 4.78 is 9.46. The molecule has 9 rings (SSSR count). The SMILES string of the molecule is c1ccc([C@@H]2Cc3ccccc3-c3cc(-c4ccc5c(c4)sc4ccccc45)c4c(oc5ccccc54)c3C2)cc1. The van der Waals surface area contributed by atoms with Gasteiger partial charge in [0.1, 0.15) is 11.2 Å². The number of benzene rings is 6. The molecule has 194 valence electrons. The van der Waals surface area contributed by atoms with Crippen molar-refractivity contribution >= 4 is 53.4 Å². The highest BCUT2D eigenvalue weighted by Crippen LogP contribution is 2.48. The molecule has 0 spiro atoms. The van der Waals surface area contributed by atoms with Crippen LogP contribution in [0.1, 0.15) is 22.6 Å². The minimum absolute atomic E-state index is 0.385. The van der Waals surface area contributed by atoms with Crippen molar-refractivity contribution in [1.82, 2.24) is 0 Å². The molecule has 0 N–H and O–H groups in total. The molecular formula is C39H26OS. The van der Waals surface area contributed by atoms with Crippen molar-refractivity contribution in [3.63, 3.8) is 0 Å². The van der Waals surface area contributed by atoms with Gasteiger partial charge in [-0.25, -0.2) is 0 Å². The second-order valence-corrected chi connectivity index (χ2v) is 12.3. The summed E-state index contributed by atoms with van der Waals surface area (Å²) in [5.41, 5.74) is 11.2. The van der Waals surface area contributed by atoms with E-state index < -0.39 is 0 Å².